The summed E-state index contributed by atoms with van der Waals surface area (Å²) in [6, 6.07) is 7.32. The highest BCUT2D eigenvalue weighted by Crippen LogP contribution is 2.35. The van der Waals surface area contributed by atoms with Crippen LogP contribution in [0.2, 0.25) is 0 Å². The van der Waals surface area contributed by atoms with E-state index < -0.39 is 0 Å². The lowest BCUT2D eigenvalue weighted by molar-refractivity contribution is 0.0530. The molecule has 5 heteroatoms. The van der Waals surface area contributed by atoms with Crippen molar-refractivity contribution < 1.29 is 9.13 Å². The highest BCUT2D eigenvalue weighted by atomic mass is 19.1. The second-order valence-corrected chi connectivity index (χ2v) is 6.88. The van der Waals surface area contributed by atoms with E-state index in [2.05, 4.69) is 29.7 Å². The number of rotatable bonds is 5. The van der Waals surface area contributed by atoms with Crippen LogP contribution >= 0.6 is 0 Å². The maximum absolute atomic E-state index is 13.3. The van der Waals surface area contributed by atoms with Crippen molar-refractivity contribution in [1.82, 2.24) is 10.6 Å². The summed E-state index contributed by atoms with van der Waals surface area (Å²) in [5.74, 6) is 0.669. The third kappa shape index (κ3) is 4.60. The van der Waals surface area contributed by atoms with Gasteiger partial charge < -0.3 is 15.4 Å². The predicted octanol–water partition coefficient (Wildman–Crippen LogP) is 3.15. The normalized spacial score (nSPS) is 20.6. The molecule has 0 unspecified atom stereocenters. The molecule has 2 N–H and O–H groups in total. The molecule has 4 nitrogen and oxygen atoms in total. The summed E-state index contributed by atoms with van der Waals surface area (Å²) in [5, 5.41) is 6.87. The minimum absolute atomic E-state index is 0.0811. The van der Waals surface area contributed by atoms with Gasteiger partial charge in [0.05, 0.1) is 6.54 Å². The first-order valence-electron chi connectivity index (χ1n) is 9.25. The van der Waals surface area contributed by atoms with E-state index in [1.165, 1.54) is 0 Å². The molecule has 0 radical (unpaired) electrons. The molecule has 0 atom stereocenters. The Balaban J connectivity index is 1.76. The fourth-order valence-electron chi connectivity index (χ4n) is 3.58. The monoisotopic (exact) mass is 345 g/mol. The largest absolute Gasteiger partial charge is 0.381 e. The number of halogens is 1. The topological polar surface area (TPSA) is 45.7 Å². The van der Waals surface area contributed by atoms with Crippen LogP contribution in [0.1, 0.15) is 38.2 Å². The Labute approximate surface area is 149 Å². The summed E-state index contributed by atoms with van der Waals surface area (Å²) in [4.78, 5) is 4.89. The van der Waals surface area contributed by atoms with Crippen LogP contribution < -0.4 is 10.6 Å². The van der Waals surface area contributed by atoms with E-state index in [1.54, 1.807) is 12.1 Å². The zero-order valence-electron chi connectivity index (χ0n) is 14.9. The summed E-state index contributed by atoms with van der Waals surface area (Å²) in [6.45, 7) is 5.04. The summed E-state index contributed by atoms with van der Waals surface area (Å²) in [5.41, 5.74) is 1.07. The Bertz CT molecular complexity index is 598. The number of aliphatic imine (C=N–C) groups is 1. The smallest absolute Gasteiger partial charge is 0.191 e. The highest BCUT2D eigenvalue weighted by Gasteiger charge is 2.34. The van der Waals surface area contributed by atoms with Crippen molar-refractivity contribution in [1.29, 1.82) is 0 Å². The zero-order chi connectivity index (χ0) is 17.5. The molecule has 1 saturated heterocycles. The van der Waals surface area contributed by atoms with Crippen molar-refractivity contribution in [3.63, 3.8) is 0 Å². The van der Waals surface area contributed by atoms with E-state index >= 15 is 0 Å². The minimum Gasteiger partial charge on any atom is -0.381 e. The molecule has 1 aromatic carbocycles. The van der Waals surface area contributed by atoms with Gasteiger partial charge in [-0.05, 0) is 50.3 Å². The van der Waals surface area contributed by atoms with Crippen molar-refractivity contribution in [3.8, 4) is 0 Å². The Hall–Kier alpha value is -1.88. The number of hydrogen-bond donors (Lipinski definition) is 2. The van der Waals surface area contributed by atoms with Crippen molar-refractivity contribution in [2.75, 3.05) is 26.3 Å². The van der Waals surface area contributed by atoms with Crippen molar-refractivity contribution in [2.24, 2.45) is 4.99 Å². The van der Waals surface area contributed by atoms with Gasteiger partial charge in [0.1, 0.15) is 5.82 Å². The van der Waals surface area contributed by atoms with Gasteiger partial charge in [-0.2, -0.15) is 0 Å². The first-order chi connectivity index (χ1) is 12.2. The molecule has 1 heterocycles. The van der Waals surface area contributed by atoms with Crippen LogP contribution in [0.25, 0.3) is 0 Å². The molecule has 0 spiro atoms. The van der Waals surface area contributed by atoms with Crippen molar-refractivity contribution in [2.45, 2.75) is 44.1 Å². The van der Waals surface area contributed by atoms with Crippen LogP contribution in [-0.4, -0.2) is 38.3 Å². The van der Waals surface area contributed by atoms with Gasteiger partial charge in [-0.25, -0.2) is 4.39 Å². The van der Waals surface area contributed by atoms with E-state index in [0.29, 0.717) is 12.6 Å². The Morgan fingerprint density at radius 1 is 1.20 bits per heavy atom. The lowest BCUT2D eigenvalue weighted by Crippen LogP contribution is -2.44. The van der Waals surface area contributed by atoms with Gasteiger partial charge in [-0.1, -0.05) is 24.3 Å². The zero-order valence-corrected chi connectivity index (χ0v) is 14.9. The van der Waals surface area contributed by atoms with Gasteiger partial charge >= 0.3 is 0 Å². The van der Waals surface area contributed by atoms with Crippen LogP contribution in [0.4, 0.5) is 4.39 Å². The number of hydrogen-bond acceptors (Lipinski definition) is 2. The first kappa shape index (κ1) is 17.9. The van der Waals surface area contributed by atoms with Crippen LogP contribution in [0.15, 0.2) is 41.4 Å². The van der Waals surface area contributed by atoms with E-state index in [0.717, 1.165) is 57.0 Å². The second kappa shape index (κ2) is 8.48. The number of ether oxygens (including phenoxy) is 1. The maximum atomic E-state index is 13.3. The van der Waals surface area contributed by atoms with Gasteiger partial charge in [0.15, 0.2) is 5.96 Å². The molecule has 0 bridgehead atoms. The lowest BCUT2D eigenvalue weighted by Gasteiger charge is -2.36. The van der Waals surface area contributed by atoms with Crippen LogP contribution in [0.5, 0.6) is 0 Å². The Kier molecular flexibility index (Phi) is 6.08. The minimum atomic E-state index is -0.196. The molecule has 136 valence electrons. The van der Waals surface area contributed by atoms with E-state index in [9.17, 15) is 4.39 Å². The number of nitrogens with one attached hydrogen (secondary N) is 2. The van der Waals surface area contributed by atoms with Gasteiger partial charge in [-0.3, -0.25) is 4.99 Å². The van der Waals surface area contributed by atoms with E-state index in [-0.39, 0.29) is 11.2 Å². The third-order valence-electron chi connectivity index (χ3n) is 5.14. The number of nitrogens with zero attached hydrogens (tertiary/aromatic N) is 1. The predicted molar refractivity (Wildman–Crippen MR) is 99.4 cm³/mol. The van der Waals surface area contributed by atoms with Crippen LogP contribution in [0, 0.1) is 5.82 Å². The summed E-state index contributed by atoms with van der Waals surface area (Å²) in [7, 11) is 0. The standard InChI is InChI=1S/C20H28FN3O/c1-2-22-19(24-18-5-3-4-6-18)23-15-20(11-13-25-14-12-20)16-7-9-17(21)10-8-16/h3-4,7-10,18H,2,5-6,11-15H2,1H3,(H2,22,23,24). The fourth-order valence-corrected chi connectivity index (χ4v) is 3.58. The molecule has 1 aromatic rings. The lowest BCUT2D eigenvalue weighted by atomic mass is 9.74. The van der Waals surface area contributed by atoms with Crippen LogP contribution in [-0.2, 0) is 10.2 Å². The fraction of sp³-hybridized carbons (Fsp3) is 0.550. The molecule has 25 heavy (non-hydrogen) atoms. The molecule has 0 saturated carbocycles. The van der Waals surface area contributed by atoms with E-state index in [4.69, 9.17) is 9.73 Å². The Morgan fingerprint density at radius 2 is 1.88 bits per heavy atom. The number of benzene rings is 1. The molecule has 1 aliphatic carbocycles. The summed E-state index contributed by atoms with van der Waals surface area (Å²) >= 11 is 0. The molecular formula is C20H28FN3O. The summed E-state index contributed by atoms with van der Waals surface area (Å²) in [6.07, 6.45) is 8.32. The highest BCUT2D eigenvalue weighted by molar-refractivity contribution is 5.80. The molecule has 1 fully saturated rings. The first-order valence-corrected chi connectivity index (χ1v) is 9.25. The SMILES string of the molecule is CCNC(=NCC1(c2ccc(F)cc2)CCOCC1)NC1CC=CC1. The quantitative estimate of drug-likeness (QED) is 0.490. The molecular weight excluding hydrogens is 317 g/mol. The van der Waals surface area contributed by atoms with Gasteiger partial charge in [-0.15, -0.1) is 0 Å². The molecule has 0 aromatic heterocycles. The second-order valence-electron chi connectivity index (χ2n) is 6.88. The van der Waals surface area contributed by atoms with Crippen molar-refractivity contribution in [3.05, 3.63) is 47.8 Å². The van der Waals surface area contributed by atoms with Gasteiger partial charge in [0.2, 0.25) is 0 Å². The molecule has 3 rings (SSSR count). The van der Waals surface area contributed by atoms with E-state index in [1.807, 2.05) is 12.1 Å². The molecule has 2 aliphatic rings. The van der Waals surface area contributed by atoms with Gasteiger partial charge in [0, 0.05) is 31.2 Å². The summed E-state index contributed by atoms with van der Waals surface area (Å²) < 4.78 is 18.9. The average Bonchev–Trinajstić information content (AvgIpc) is 3.14. The van der Waals surface area contributed by atoms with Crippen LogP contribution in [0.3, 0.4) is 0 Å². The Morgan fingerprint density at radius 3 is 2.52 bits per heavy atom. The number of guanidine groups is 1. The van der Waals surface area contributed by atoms with Crippen molar-refractivity contribution >= 4 is 5.96 Å². The third-order valence-corrected chi connectivity index (χ3v) is 5.14. The van der Waals surface area contributed by atoms with Gasteiger partial charge in [0.25, 0.3) is 0 Å². The average molecular weight is 345 g/mol. The maximum Gasteiger partial charge on any atom is 0.191 e. The molecule has 0 amide bonds. The molecule has 1 aliphatic heterocycles.